The van der Waals surface area contributed by atoms with Gasteiger partial charge in [-0.25, -0.2) is 4.98 Å². The van der Waals surface area contributed by atoms with Crippen LogP contribution in [0.2, 0.25) is 0 Å². The Morgan fingerprint density at radius 1 is 1.42 bits per heavy atom. The third kappa shape index (κ3) is 0.945. The molecular weight excluding hydrogens is 160 g/mol. The fourth-order valence-electron chi connectivity index (χ4n) is 1.42. The van der Waals surface area contributed by atoms with Gasteiger partial charge < -0.3 is 19.9 Å². The molecule has 0 aromatic carbocycles. The summed E-state index contributed by atoms with van der Waals surface area (Å²) < 4.78 is 1.63. The van der Waals surface area contributed by atoms with Crippen LogP contribution in [0.4, 0.5) is 0 Å². The van der Waals surface area contributed by atoms with Gasteiger partial charge in [0.05, 0.1) is 24.8 Å². The largest absolute Gasteiger partial charge is 0.388 e. The lowest BCUT2D eigenvalue weighted by atomic mass is 10.0. The van der Waals surface area contributed by atoms with Gasteiger partial charge in [-0.3, -0.25) is 0 Å². The van der Waals surface area contributed by atoms with E-state index in [1.807, 2.05) is 0 Å². The van der Waals surface area contributed by atoms with E-state index >= 15 is 0 Å². The van der Waals surface area contributed by atoms with Crippen molar-refractivity contribution in [3.63, 3.8) is 0 Å². The molecule has 0 radical (unpaired) electrons. The summed E-state index contributed by atoms with van der Waals surface area (Å²) in [5.41, 5.74) is 0.549. The molecule has 5 heteroatoms. The number of fused-ring (bicyclic) bond motifs is 1. The molecule has 0 fully saturated rings. The molecule has 0 saturated carbocycles. The van der Waals surface area contributed by atoms with Gasteiger partial charge in [-0.15, -0.1) is 0 Å². The number of aliphatic hydroxyl groups is 3. The highest BCUT2D eigenvalue weighted by atomic mass is 16.4. The van der Waals surface area contributed by atoms with Crippen LogP contribution < -0.4 is 0 Å². The Kier molecular flexibility index (Phi) is 1.64. The lowest BCUT2D eigenvalue weighted by molar-refractivity contribution is -0.0834. The highest BCUT2D eigenvalue weighted by Gasteiger charge is 2.33. The molecule has 3 atom stereocenters. The van der Waals surface area contributed by atoms with Crippen molar-refractivity contribution in [1.82, 2.24) is 9.55 Å². The summed E-state index contributed by atoms with van der Waals surface area (Å²) >= 11 is 0. The first-order chi connectivity index (χ1) is 5.70. The van der Waals surface area contributed by atoms with Crippen molar-refractivity contribution in [3.05, 3.63) is 18.2 Å². The molecule has 1 aromatic rings. The van der Waals surface area contributed by atoms with Crippen LogP contribution in [0, 0.1) is 0 Å². The predicted octanol–water partition coefficient (Wildman–Crippen LogP) is -1.35. The number of hydrogen-bond donors (Lipinski definition) is 3. The van der Waals surface area contributed by atoms with E-state index in [0.29, 0.717) is 5.69 Å². The maximum atomic E-state index is 9.42. The second kappa shape index (κ2) is 2.55. The Hall–Kier alpha value is -0.910. The number of aromatic nitrogens is 2. The fourth-order valence-corrected chi connectivity index (χ4v) is 1.42. The van der Waals surface area contributed by atoms with Crippen LogP contribution in [0.3, 0.4) is 0 Å². The molecule has 2 rings (SSSR count). The molecule has 3 N–H and O–H groups in total. The first kappa shape index (κ1) is 7.72. The molecule has 0 saturated heterocycles. The monoisotopic (exact) mass is 170 g/mol. The summed E-state index contributed by atoms with van der Waals surface area (Å²) in [6.45, 7) is 0.285. The van der Waals surface area contributed by atoms with Crippen LogP contribution in [0.5, 0.6) is 0 Å². The van der Waals surface area contributed by atoms with E-state index in [1.54, 1.807) is 4.57 Å². The average Bonchev–Trinajstić information content (AvgIpc) is 2.48. The second-order valence-electron chi connectivity index (χ2n) is 2.97. The van der Waals surface area contributed by atoms with Crippen LogP contribution in [0.25, 0.3) is 0 Å². The molecule has 12 heavy (non-hydrogen) atoms. The van der Waals surface area contributed by atoms with Crippen LogP contribution in [0.1, 0.15) is 11.8 Å². The van der Waals surface area contributed by atoms with Crippen molar-refractivity contribution < 1.29 is 15.3 Å². The normalized spacial score (nSPS) is 34.8. The van der Waals surface area contributed by atoms with E-state index in [9.17, 15) is 15.3 Å². The number of hydrogen-bond acceptors (Lipinski definition) is 4. The Bertz CT molecular complexity index is 286. The van der Waals surface area contributed by atoms with Crippen LogP contribution in [0.15, 0.2) is 12.5 Å². The molecule has 0 spiro atoms. The lowest BCUT2D eigenvalue weighted by Crippen LogP contribution is -2.40. The Labute approximate surface area is 68.9 Å². The van der Waals surface area contributed by atoms with Gasteiger partial charge in [0.25, 0.3) is 0 Å². The van der Waals surface area contributed by atoms with Gasteiger partial charge in [0, 0.05) is 0 Å². The van der Waals surface area contributed by atoms with Gasteiger partial charge in [0.2, 0.25) is 0 Å². The van der Waals surface area contributed by atoms with E-state index in [-0.39, 0.29) is 6.54 Å². The van der Waals surface area contributed by atoms with E-state index in [4.69, 9.17) is 0 Å². The molecule has 0 amide bonds. The van der Waals surface area contributed by atoms with Crippen LogP contribution >= 0.6 is 0 Å². The molecule has 1 aromatic heterocycles. The van der Waals surface area contributed by atoms with Crippen molar-refractivity contribution in [2.45, 2.75) is 24.9 Å². The summed E-state index contributed by atoms with van der Waals surface area (Å²) in [5.74, 6) is 0. The van der Waals surface area contributed by atoms with E-state index in [0.717, 1.165) is 0 Å². The van der Waals surface area contributed by atoms with Crippen molar-refractivity contribution in [2.24, 2.45) is 0 Å². The molecule has 2 heterocycles. The molecule has 0 bridgehead atoms. The first-order valence-corrected chi connectivity index (χ1v) is 3.74. The molecule has 5 nitrogen and oxygen atoms in total. The zero-order valence-electron chi connectivity index (χ0n) is 6.33. The quantitative estimate of drug-likeness (QED) is 0.450. The standard InChI is InChI=1S/C7H10N2O3/c10-5-2-9-3-8-1-4(9)6(11)7(5)12/h1,3,5-7,10-12H,2H2/t5-,6-,7-/m0/s1. The van der Waals surface area contributed by atoms with Gasteiger partial charge in [0.15, 0.2) is 0 Å². The highest BCUT2D eigenvalue weighted by molar-refractivity contribution is 5.09. The van der Waals surface area contributed by atoms with Crippen molar-refractivity contribution in [1.29, 1.82) is 0 Å². The third-order valence-electron chi connectivity index (χ3n) is 2.15. The molecule has 0 unspecified atom stereocenters. The minimum atomic E-state index is -1.10. The van der Waals surface area contributed by atoms with Crippen LogP contribution in [-0.2, 0) is 6.54 Å². The van der Waals surface area contributed by atoms with Gasteiger partial charge >= 0.3 is 0 Å². The van der Waals surface area contributed by atoms with E-state index in [1.165, 1.54) is 12.5 Å². The van der Waals surface area contributed by atoms with Gasteiger partial charge in [0.1, 0.15) is 18.3 Å². The number of imidazole rings is 1. The summed E-state index contributed by atoms with van der Waals surface area (Å²) in [5, 5.41) is 27.9. The lowest BCUT2D eigenvalue weighted by Gasteiger charge is -2.29. The van der Waals surface area contributed by atoms with E-state index < -0.39 is 18.3 Å². The Morgan fingerprint density at radius 3 is 2.92 bits per heavy atom. The molecule has 0 aliphatic carbocycles. The molecular formula is C7H10N2O3. The molecule has 1 aliphatic rings. The summed E-state index contributed by atoms with van der Waals surface area (Å²) in [7, 11) is 0. The smallest absolute Gasteiger partial charge is 0.124 e. The topological polar surface area (TPSA) is 78.5 Å². The van der Waals surface area contributed by atoms with Gasteiger partial charge in [-0.2, -0.15) is 0 Å². The van der Waals surface area contributed by atoms with Gasteiger partial charge in [-0.1, -0.05) is 0 Å². The highest BCUT2D eigenvalue weighted by Crippen LogP contribution is 2.24. The number of rotatable bonds is 0. The SMILES string of the molecule is O[C@H]1[C@@H](O)Cn2cncc2[C@@H]1O. The van der Waals surface area contributed by atoms with Crippen molar-refractivity contribution in [3.8, 4) is 0 Å². The molecule has 66 valence electrons. The predicted molar refractivity (Wildman–Crippen MR) is 39.2 cm³/mol. The van der Waals surface area contributed by atoms with Crippen molar-refractivity contribution in [2.75, 3.05) is 0 Å². The zero-order valence-corrected chi connectivity index (χ0v) is 6.33. The van der Waals surface area contributed by atoms with E-state index in [2.05, 4.69) is 4.98 Å². The fraction of sp³-hybridized carbons (Fsp3) is 0.571. The maximum Gasteiger partial charge on any atom is 0.124 e. The number of nitrogens with zero attached hydrogens (tertiary/aromatic N) is 2. The van der Waals surface area contributed by atoms with Gasteiger partial charge in [-0.05, 0) is 0 Å². The maximum absolute atomic E-state index is 9.42. The summed E-state index contributed by atoms with van der Waals surface area (Å²) in [6.07, 6.45) is -0.0416. The second-order valence-corrected chi connectivity index (χ2v) is 2.97. The minimum absolute atomic E-state index is 0.285. The summed E-state index contributed by atoms with van der Waals surface area (Å²) in [6, 6.07) is 0. The zero-order chi connectivity index (χ0) is 8.72. The minimum Gasteiger partial charge on any atom is -0.388 e. The average molecular weight is 170 g/mol. The van der Waals surface area contributed by atoms with Crippen LogP contribution in [-0.4, -0.2) is 37.1 Å². The third-order valence-corrected chi connectivity index (χ3v) is 2.15. The number of aliphatic hydroxyl groups excluding tert-OH is 3. The first-order valence-electron chi connectivity index (χ1n) is 3.74. The molecule has 1 aliphatic heterocycles. The van der Waals surface area contributed by atoms with Crippen molar-refractivity contribution >= 4 is 0 Å². The summed E-state index contributed by atoms with van der Waals surface area (Å²) in [4.78, 5) is 3.80. The Balaban J connectivity index is 2.39. The Morgan fingerprint density at radius 2 is 2.17 bits per heavy atom.